The highest BCUT2D eigenvalue weighted by atomic mass is 35.5. The molecule has 3 aromatic rings. The molecule has 4 rings (SSSR count). The Morgan fingerprint density at radius 3 is 2.47 bits per heavy atom. The molecular formula is C24H25ClFN3O3. The molecule has 0 bridgehead atoms. The van der Waals surface area contributed by atoms with Crippen molar-refractivity contribution in [1.82, 2.24) is 9.47 Å². The first kappa shape index (κ1) is 22.3. The molecule has 0 unspecified atom stereocenters. The number of benzene rings is 2. The number of hydrogen-bond acceptors (Lipinski definition) is 5. The Kier molecular flexibility index (Phi) is 6.48. The summed E-state index contributed by atoms with van der Waals surface area (Å²) >= 11 is 6.01. The molecule has 2 aromatic carbocycles. The second-order valence-corrected chi connectivity index (χ2v) is 8.39. The number of fused-ring (bicyclic) bond motifs is 1. The van der Waals surface area contributed by atoms with Crippen LogP contribution in [0.2, 0.25) is 5.02 Å². The lowest BCUT2D eigenvalue weighted by molar-refractivity contribution is 0.0524. The van der Waals surface area contributed by atoms with Gasteiger partial charge in [-0.1, -0.05) is 23.7 Å². The van der Waals surface area contributed by atoms with Gasteiger partial charge in [0.1, 0.15) is 11.4 Å². The van der Waals surface area contributed by atoms with E-state index >= 15 is 4.39 Å². The summed E-state index contributed by atoms with van der Waals surface area (Å²) in [4.78, 5) is 29.7. The number of nitrogens with zero attached hydrogens (tertiary/aromatic N) is 3. The van der Waals surface area contributed by atoms with Crippen molar-refractivity contribution in [1.29, 1.82) is 0 Å². The number of carbonyl (C=O) groups excluding carboxylic acids is 1. The molecule has 168 valence electrons. The summed E-state index contributed by atoms with van der Waals surface area (Å²) < 4.78 is 22.0. The van der Waals surface area contributed by atoms with Crippen LogP contribution in [0.3, 0.4) is 0 Å². The maximum atomic E-state index is 15.1. The van der Waals surface area contributed by atoms with Crippen LogP contribution in [0.4, 0.5) is 10.1 Å². The summed E-state index contributed by atoms with van der Waals surface area (Å²) in [7, 11) is 2.04. The number of aromatic nitrogens is 1. The Labute approximate surface area is 190 Å². The summed E-state index contributed by atoms with van der Waals surface area (Å²) in [5, 5.41) is 0.769. The number of rotatable bonds is 5. The van der Waals surface area contributed by atoms with Crippen LogP contribution in [-0.2, 0) is 11.3 Å². The third-order valence-electron chi connectivity index (χ3n) is 5.75. The van der Waals surface area contributed by atoms with Gasteiger partial charge in [0, 0.05) is 49.3 Å². The number of carbonyl (C=O) groups is 1. The molecule has 1 aliphatic rings. The van der Waals surface area contributed by atoms with Crippen molar-refractivity contribution in [3.05, 3.63) is 74.8 Å². The second-order valence-electron chi connectivity index (χ2n) is 7.96. The van der Waals surface area contributed by atoms with Crippen molar-refractivity contribution in [2.24, 2.45) is 0 Å². The normalized spacial score (nSPS) is 14.7. The zero-order valence-corrected chi connectivity index (χ0v) is 18.9. The maximum Gasteiger partial charge on any atom is 0.343 e. The van der Waals surface area contributed by atoms with Gasteiger partial charge in [0.25, 0.3) is 0 Å². The van der Waals surface area contributed by atoms with Crippen molar-refractivity contribution >= 4 is 34.2 Å². The first-order valence-corrected chi connectivity index (χ1v) is 11.0. The van der Waals surface area contributed by atoms with Crippen LogP contribution in [0.5, 0.6) is 0 Å². The van der Waals surface area contributed by atoms with Crippen molar-refractivity contribution in [2.45, 2.75) is 13.5 Å². The van der Waals surface area contributed by atoms with Gasteiger partial charge in [0.05, 0.1) is 17.8 Å². The third kappa shape index (κ3) is 4.49. The van der Waals surface area contributed by atoms with Gasteiger partial charge in [-0.05, 0) is 43.8 Å². The Morgan fingerprint density at radius 2 is 1.81 bits per heavy atom. The van der Waals surface area contributed by atoms with E-state index in [0.717, 1.165) is 18.7 Å². The summed E-state index contributed by atoms with van der Waals surface area (Å²) in [5.41, 5.74) is 1.31. The van der Waals surface area contributed by atoms with Crippen LogP contribution in [0, 0.1) is 5.82 Å². The first-order valence-electron chi connectivity index (χ1n) is 10.6. The van der Waals surface area contributed by atoms with Crippen molar-refractivity contribution in [2.75, 3.05) is 44.7 Å². The van der Waals surface area contributed by atoms with E-state index in [1.165, 1.54) is 12.3 Å². The van der Waals surface area contributed by atoms with E-state index in [4.69, 9.17) is 16.3 Å². The number of piperazine rings is 1. The van der Waals surface area contributed by atoms with Crippen LogP contribution in [0.25, 0.3) is 10.9 Å². The van der Waals surface area contributed by atoms with Gasteiger partial charge in [-0.15, -0.1) is 0 Å². The molecule has 1 aromatic heterocycles. The molecule has 1 aliphatic heterocycles. The van der Waals surface area contributed by atoms with Gasteiger partial charge in [0.15, 0.2) is 0 Å². The Morgan fingerprint density at radius 1 is 1.12 bits per heavy atom. The lowest BCUT2D eigenvalue weighted by Crippen LogP contribution is -2.44. The van der Waals surface area contributed by atoms with E-state index in [-0.39, 0.29) is 17.6 Å². The number of hydrogen-bond donors (Lipinski definition) is 0. The topological polar surface area (TPSA) is 54.8 Å². The van der Waals surface area contributed by atoms with Gasteiger partial charge >= 0.3 is 5.97 Å². The molecule has 1 fully saturated rings. The van der Waals surface area contributed by atoms with Crippen molar-refractivity contribution in [3.63, 3.8) is 0 Å². The Hall–Kier alpha value is -2.90. The number of halogens is 2. The van der Waals surface area contributed by atoms with Gasteiger partial charge in [-0.25, -0.2) is 9.18 Å². The maximum absolute atomic E-state index is 15.1. The molecule has 0 radical (unpaired) electrons. The smallest absolute Gasteiger partial charge is 0.343 e. The third-order valence-corrected chi connectivity index (χ3v) is 6.01. The number of ether oxygens (including phenoxy) is 1. The van der Waals surface area contributed by atoms with Crippen molar-refractivity contribution in [3.8, 4) is 0 Å². The number of likely N-dealkylation sites (N-methyl/N-ethyl adjacent to an activating group) is 1. The second kappa shape index (κ2) is 9.30. The molecule has 2 heterocycles. The number of pyridine rings is 1. The summed E-state index contributed by atoms with van der Waals surface area (Å²) in [6.07, 6.45) is 1.50. The van der Waals surface area contributed by atoms with E-state index in [1.54, 1.807) is 29.7 Å². The van der Waals surface area contributed by atoms with Crippen LogP contribution in [-0.4, -0.2) is 55.3 Å². The highest BCUT2D eigenvalue weighted by Crippen LogP contribution is 2.27. The molecule has 6 nitrogen and oxygen atoms in total. The first-order chi connectivity index (χ1) is 15.4. The molecule has 0 aliphatic carbocycles. The molecule has 0 spiro atoms. The average Bonchev–Trinajstić information content (AvgIpc) is 2.78. The van der Waals surface area contributed by atoms with Gasteiger partial charge < -0.3 is 19.1 Å². The minimum absolute atomic E-state index is 0.111. The van der Waals surface area contributed by atoms with E-state index in [2.05, 4.69) is 4.90 Å². The zero-order chi connectivity index (χ0) is 22.8. The fraction of sp³-hybridized carbons (Fsp3) is 0.333. The Bertz CT molecular complexity index is 1200. The fourth-order valence-electron chi connectivity index (χ4n) is 3.96. The molecule has 8 heteroatoms. The van der Waals surface area contributed by atoms with E-state index in [0.29, 0.717) is 35.9 Å². The van der Waals surface area contributed by atoms with Crippen LogP contribution < -0.4 is 10.3 Å². The lowest BCUT2D eigenvalue weighted by Gasteiger charge is -2.34. The highest BCUT2D eigenvalue weighted by Gasteiger charge is 2.22. The standard InChI is InChI=1S/C24H25ClFN3O3/c1-3-32-24(31)19-15-29(14-16-4-6-17(25)7-5-16)21-13-22(20(26)12-18(21)23(19)30)28-10-8-27(2)9-11-28/h4-7,12-13,15H,3,8-11,14H2,1-2H3. The predicted octanol–water partition coefficient (Wildman–Crippen LogP) is 3.77. The minimum atomic E-state index is -0.715. The van der Waals surface area contributed by atoms with Gasteiger partial charge in [-0.3, -0.25) is 4.79 Å². The summed E-state index contributed by atoms with van der Waals surface area (Å²) in [6.45, 7) is 5.25. The monoisotopic (exact) mass is 457 g/mol. The van der Waals surface area contributed by atoms with Gasteiger partial charge in [0.2, 0.25) is 5.43 Å². The van der Waals surface area contributed by atoms with E-state index < -0.39 is 17.2 Å². The molecule has 0 N–H and O–H groups in total. The molecule has 32 heavy (non-hydrogen) atoms. The van der Waals surface area contributed by atoms with E-state index in [1.807, 2.05) is 24.1 Å². The minimum Gasteiger partial charge on any atom is -0.462 e. The van der Waals surface area contributed by atoms with E-state index in [9.17, 15) is 9.59 Å². The fourth-order valence-corrected chi connectivity index (χ4v) is 4.09. The summed E-state index contributed by atoms with van der Waals surface area (Å²) in [5.74, 6) is -1.19. The number of esters is 1. The van der Waals surface area contributed by atoms with Crippen molar-refractivity contribution < 1.29 is 13.9 Å². The van der Waals surface area contributed by atoms with Crippen LogP contribution in [0.1, 0.15) is 22.8 Å². The Balaban J connectivity index is 1.87. The highest BCUT2D eigenvalue weighted by molar-refractivity contribution is 6.30. The molecule has 0 atom stereocenters. The SMILES string of the molecule is CCOC(=O)c1cn(Cc2ccc(Cl)cc2)c2cc(N3CCN(C)CC3)c(F)cc2c1=O. The molecule has 1 saturated heterocycles. The average molecular weight is 458 g/mol. The summed E-state index contributed by atoms with van der Waals surface area (Å²) in [6, 6.07) is 10.3. The zero-order valence-electron chi connectivity index (χ0n) is 18.1. The molecule has 0 saturated carbocycles. The van der Waals surface area contributed by atoms with Gasteiger partial charge in [-0.2, -0.15) is 0 Å². The molecule has 0 amide bonds. The lowest BCUT2D eigenvalue weighted by atomic mass is 10.1. The largest absolute Gasteiger partial charge is 0.462 e. The quantitative estimate of drug-likeness (QED) is 0.546. The predicted molar refractivity (Wildman–Crippen MR) is 124 cm³/mol. The van der Waals surface area contributed by atoms with Crippen LogP contribution >= 0.6 is 11.6 Å². The number of anilines is 1. The van der Waals surface area contributed by atoms with Crippen LogP contribution in [0.15, 0.2) is 47.4 Å². The molecular weight excluding hydrogens is 433 g/mol.